The van der Waals surface area contributed by atoms with Gasteiger partial charge in [-0.15, -0.1) is 0 Å². The first-order chi connectivity index (χ1) is 17.7. The van der Waals surface area contributed by atoms with Gasteiger partial charge in [0.05, 0.1) is 11.9 Å². The molecule has 0 saturated carbocycles. The molecule has 0 spiro atoms. The van der Waals surface area contributed by atoms with E-state index in [2.05, 4.69) is 25.0 Å². The van der Waals surface area contributed by atoms with Crippen molar-refractivity contribution in [3.63, 3.8) is 0 Å². The number of aromatic nitrogens is 4. The largest absolute Gasteiger partial charge is 0.481 e. The van der Waals surface area contributed by atoms with E-state index < -0.39 is 24.0 Å². The van der Waals surface area contributed by atoms with Crippen molar-refractivity contribution in [2.75, 3.05) is 29.4 Å². The smallest absolute Gasteiger partial charge is 0.307 e. The van der Waals surface area contributed by atoms with Crippen LogP contribution in [0.5, 0.6) is 0 Å². The maximum absolute atomic E-state index is 14.8. The zero-order valence-corrected chi connectivity index (χ0v) is 20.7. The predicted octanol–water partition coefficient (Wildman–Crippen LogP) is 4.42. The molecule has 5 rings (SSSR count). The van der Waals surface area contributed by atoms with Gasteiger partial charge in [0, 0.05) is 42.5 Å². The Balaban J connectivity index is 1.48. The summed E-state index contributed by atoms with van der Waals surface area (Å²) in [6, 6.07) is 6.88. The lowest BCUT2D eigenvalue weighted by molar-refractivity contribution is -0.136. The molecule has 37 heavy (non-hydrogen) atoms. The van der Waals surface area contributed by atoms with Gasteiger partial charge >= 0.3 is 5.97 Å². The molecule has 1 aliphatic rings. The minimum Gasteiger partial charge on any atom is -0.481 e. The molecule has 0 unspecified atom stereocenters. The number of hydrogen-bond donors (Lipinski definition) is 1. The Bertz CT molecular complexity index is 1470. The average Bonchev–Trinajstić information content (AvgIpc) is 3.35. The van der Waals surface area contributed by atoms with E-state index >= 15 is 0 Å². The Kier molecular flexibility index (Phi) is 6.45. The summed E-state index contributed by atoms with van der Waals surface area (Å²) in [6.45, 7) is 7.84. The Morgan fingerprint density at radius 2 is 2.00 bits per heavy atom. The van der Waals surface area contributed by atoms with E-state index in [1.54, 1.807) is 6.07 Å². The Morgan fingerprint density at radius 1 is 1.19 bits per heavy atom. The van der Waals surface area contributed by atoms with Gasteiger partial charge in [-0.05, 0) is 41.4 Å². The van der Waals surface area contributed by atoms with Crippen LogP contribution in [-0.2, 0) is 11.2 Å². The van der Waals surface area contributed by atoms with Gasteiger partial charge in [0.1, 0.15) is 23.8 Å². The molecular weight excluding hydrogens is 482 g/mol. The van der Waals surface area contributed by atoms with Crippen LogP contribution in [0.15, 0.2) is 41.2 Å². The molecule has 1 aliphatic heterocycles. The minimum absolute atomic E-state index is 0.00712. The highest BCUT2D eigenvalue weighted by Crippen LogP contribution is 2.35. The molecule has 0 amide bonds. The number of rotatable bonds is 6. The van der Waals surface area contributed by atoms with Crippen LogP contribution in [0, 0.1) is 11.6 Å². The maximum atomic E-state index is 14.8. The molecule has 2 aromatic heterocycles. The van der Waals surface area contributed by atoms with Crippen LogP contribution in [0.2, 0.25) is 0 Å². The van der Waals surface area contributed by atoms with Gasteiger partial charge in [-0.2, -0.15) is 4.98 Å². The summed E-state index contributed by atoms with van der Waals surface area (Å²) in [5.41, 5.74) is 1.34. The van der Waals surface area contributed by atoms with E-state index in [9.17, 15) is 13.6 Å². The van der Waals surface area contributed by atoms with Crippen LogP contribution in [-0.4, -0.2) is 56.9 Å². The summed E-state index contributed by atoms with van der Waals surface area (Å²) in [4.78, 5) is 28.5. The van der Waals surface area contributed by atoms with Gasteiger partial charge < -0.3 is 19.4 Å². The van der Waals surface area contributed by atoms with Crippen molar-refractivity contribution in [2.24, 2.45) is 0 Å². The molecule has 9 nitrogen and oxygen atoms in total. The Hall–Kier alpha value is -4.15. The zero-order chi connectivity index (χ0) is 26.3. The summed E-state index contributed by atoms with van der Waals surface area (Å²) < 4.78 is 34.8. The van der Waals surface area contributed by atoms with Gasteiger partial charge in [0.25, 0.3) is 5.95 Å². The fourth-order valence-corrected chi connectivity index (χ4v) is 4.63. The number of carboxylic acid groups (broad SMARTS) is 1. The molecule has 0 radical (unpaired) electrons. The van der Waals surface area contributed by atoms with Crippen molar-refractivity contribution in [3.8, 4) is 11.1 Å². The number of aliphatic carboxylic acids is 1. The number of piperazine rings is 1. The molecule has 1 saturated heterocycles. The van der Waals surface area contributed by atoms with Crippen molar-refractivity contribution in [1.29, 1.82) is 0 Å². The highest BCUT2D eigenvalue weighted by Gasteiger charge is 2.29. The van der Waals surface area contributed by atoms with Gasteiger partial charge in [0.2, 0.25) is 5.89 Å². The van der Waals surface area contributed by atoms with Crippen molar-refractivity contribution in [1.82, 2.24) is 20.1 Å². The van der Waals surface area contributed by atoms with E-state index in [4.69, 9.17) is 9.63 Å². The summed E-state index contributed by atoms with van der Waals surface area (Å²) in [5.74, 6) is -0.456. The molecule has 3 heterocycles. The maximum Gasteiger partial charge on any atom is 0.307 e. The van der Waals surface area contributed by atoms with Crippen LogP contribution in [0.25, 0.3) is 22.0 Å². The molecule has 0 bridgehead atoms. The number of fused-ring (bicyclic) bond motifs is 1. The van der Waals surface area contributed by atoms with Crippen LogP contribution in [0.3, 0.4) is 0 Å². The standard InChI is InChI=1S/C26H26F2N6O3/c1-14(2)25-31-26(32-37-25)33-6-7-34(15(3)12-33)24-20-11-18(27)10-19(23(20)29-13-30-24)16-4-5-17(9-22(35)36)21(28)8-16/h4-5,8,10-11,13-15H,6-7,9,12H2,1-3H3,(H,35,36)/t15-/m0/s1. The third kappa shape index (κ3) is 4.81. The van der Waals surface area contributed by atoms with Crippen molar-refractivity contribution >= 4 is 28.6 Å². The van der Waals surface area contributed by atoms with E-state index in [0.717, 1.165) is 0 Å². The second kappa shape index (κ2) is 9.72. The molecule has 0 aliphatic carbocycles. The van der Waals surface area contributed by atoms with Crippen LogP contribution >= 0.6 is 0 Å². The molecule has 1 atom stereocenters. The summed E-state index contributed by atoms with van der Waals surface area (Å²) in [5, 5.41) is 13.6. The molecule has 11 heteroatoms. The second-order valence-corrected chi connectivity index (χ2v) is 9.50. The minimum atomic E-state index is -1.13. The SMILES string of the molecule is CC(C)c1nc(N2CCN(c3ncnc4c(-c5ccc(CC(=O)O)c(F)c5)cc(F)cc34)[C@@H](C)C2)no1. The second-order valence-electron chi connectivity index (χ2n) is 9.50. The van der Waals surface area contributed by atoms with Crippen LogP contribution in [0.4, 0.5) is 20.5 Å². The third-order valence-corrected chi connectivity index (χ3v) is 6.50. The number of benzene rings is 2. The third-order valence-electron chi connectivity index (χ3n) is 6.50. The predicted molar refractivity (Wildman–Crippen MR) is 134 cm³/mol. The fourth-order valence-electron chi connectivity index (χ4n) is 4.63. The van der Waals surface area contributed by atoms with Crippen LogP contribution < -0.4 is 9.80 Å². The highest BCUT2D eigenvalue weighted by atomic mass is 19.1. The van der Waals surface area contributed by atoms with Gasteiger partial charge in [-0.25, -0.2) is 18.7 Å². The van der Waals surface area contributed by atoms with Gasteiger partial charge in [-0.3, -0.25) is 4.79 Å². The molecule has 192 valence electrons. The topological polar surface area (TPSA) is 108 Å². The summed E-state index contributed by atoms with van der Waals surface area (Å²) in [6.07, 6.45) is 0.982. The number of carbonyl (C=O) groups is 1. The average molecular weight is 509 g/mol. The number of nitrogens with zero attached hydrogens (tertiary/aromatic N) is 6. The Labute approximate surface area is 211 Å². The van der Waals surface area contributed by atoms with Crippen LogP contribution in [0.1, 0.15) is 38.1 Å². The lowest BCUT2D eigenvalue weighted by Gasteiger charge is -2.40. The van der Waals surface area contributed by atoms with Crippen molar-refractivity contribution < 1.29 is 23.2 Å². The first kappa shape index (κ1) is 24.5. The highest BCUT2D eigenvalue weighted by molar-refractivity contribution is 5.99. The normalized spacial score (nSPS) is 16.1. The first-order valence-electron chi connectivity index (χ1n) is 12.0. The summed E-state index contributed by atoms with van der Waals surface area (Å²) >= 11 is 0. The van der Waals surface area contributed by atoms with Crippen molar-refractivity contribution in [2.45, 2.75) is 39.2 Å². The monoisotopic (exact) mass is 508 g/mol. The zero-order valence-electron chi connectivity index (χ0n) is 20.7. The number of carboxylic acids is 1. The van der Waals surface area contributed by atoms with E-state index in [1.807, 2.05) is 25.7 Å². The van der Waals surface area contributed by atoms with Gasteiger partial charge in [-0.1, -0.05) is 26.0 Å². The van der Waals surface area contributed by atoms with E-state index in [0.29, 0.717) is 59.3 Å². The van der Waals surface area contributed by atoms with E-state index in [-0.39, 0.29) is 17.5 Å². The summed E-state index contributed by atoms with van der Waals surface area (Å²) in [7, 11) is 0. The fraction of sp³-hybridized carbons (Fsp3) is 0.346. The first-order valence-corrected chi connectivity index (χ1v) is 12.0. The number of halogens is 2. The van der Waals surface area contributed by atoms with Gasteiger partial charge in [0.15, 0.2) is 0 Å². The molecule has 4 aromatic rings. The molecular formula is C26H26F2N6O3. The molecule has 1 N–H and O–H groups in total. The lowest BCUT2D eigenvalue weighted by atomic mass is 9.99. The number of anilines is 2. The number of hydrogen-bond acceptors (Lipinski definition) is 8. The quantitative estimate of drug-likeness (QED) is 0.405. The molecule has 2 aromatic carbocycles. The van der Waals surface area contributed by atoms with Crippen molar-refractivity contribution in [3.05, 3.63) is 59.7 Å². The molecule has 1 fully saturated rings. The lowest BCUT2D eigenvalue weighted by Crippen LogP contribution is -2.52. The Morgan fingerprint density at radius 3 is 2.68 bits per heavy atom. The van der Waals surface area contributed by atoms with E-state index in [1.165, 1.54) is 30.6 Å².